The van der Waals surface area contributed by atoms with Crippen LogP contribution in [-0.2, 0) is 19.7 Å². The molecule has 2 aromatic carbocycles. The minimum atomic E-state index is -4.02. The first-order chi connectivity index (χ1) is 15.0. The predicted molar refractivity (Wildman–Crippen MR) is 117 cm³/mol. The van der Waals surface area contributed by atoms with E-state index in [2.05, 4.69) is 5.32 Å². The molecule has 1 fully saturated rings. The van der Waals surface area contributed by atoms with E-state index in [0.717, 1.165) is 17.7 Å². The maximum Gasteiger partial charge on any atom is 0.294 e. The van der Waals surface area contributed by atoms with Gasteiger partial charge in [0.1, 0.15) is 6.04 Å². The maximum absolute atomic E-state index is 12.0. The van der Waals surface area contributed by atoms with Crippen molar-refractivity contribution in [3.8, 4) is 0 Å². The quantitative estimate of drug-likeness (QED) is 0.336. The van der Waals surface area contributed by atoms with E-state index in [4.69, 9.17) is 10.3 Å². The molecule has 1 heterocycles. The van der Waals surface area contributed by atoms with E-state index in [-0.39, 0.29) is 23.0 Å². The van der Waals surface area contributed by atoms with Crippen LogP contribution in [0.5, 0.6) is 0 Å². The van der Waals surface area contributed by atoms with Gasteiger partial charge in [-0.2, -0.15) is 8.42 Å². The molecule has 12 heteroatoms. The number of benzene rings is 2. The molecule has 0 aliphatic carbocycles. The van der Waals surface area contributed by atoms with Crippen LogP contribution in [0.4, 0.5) is 11.4 Å². The number of rotatable bonds is 5. The molecule has 1 atom stereocenters. The van der Waals surface area contributed by atoms with Gasteiger partial charge in [-0.15, -0.1) is 0 Å². The number of carbonyl (C=O) groups is 2. The van der Waals surface area contributed by atoms with Crippen molar-refractivity contribution >= 4 is 33.3 Å². The number of hydrogen-bond acceptors (Lipinski definition) is 8. The minimum absolute atomic E-state index is 0.00254. The SMILES string of the molecule is Cc1ccc(S(=O)(=O)O)cc1.NCC(=O)NC(=O)[C@@H]1CCCN1c1ccc([N+](=O)[O-])cc1. The van der Waals surface area contributed by atoms with Gasteiger partial charge in [0.05, 0.1) is 16.4 Å². The van der Waals surface area contributed by atoms with Gasteiger partial charge in [-0.05, 0) is 44.0 Å². The van der Waals surface area contributed by atoms with Gasteiger partial charge in [0.15, 0.2) is 0 Å². The van der Waals surface area contributed by atoms with Gasteiger partial charge in [-0.1, -0.05) is 17.7 Å². The molecule has 1 aliphatic rings. The Kier molecular flexibility index (Phi) is 8.41. The standard InChI is InChI=1S/C13H16N4O4.C7H8O3S/c14-8-12(18)15-13(19)11-2-1-7-16(11)9-3-5-10(6-4-9)17(20)21;1-6-2-4-7(5-3-6)11(8,9)10/h3-6,11H,1-2,7-8,14H2,(H,15,18,19);2-5H,1H3,(H,8,9,10)/t11-;/m0./s1. The molecule has 4 N–H and O–H groups in total. The van der Waals surface area contributed by atoms with Crippen molar-refractivity contribution in [3.05, 3.63) is 64.2 Å². The first-order valence-electron chi connectivity index (χ1n) is 9.62. The Hall–Kier alpha value is -3.35. The van der Waals surface area contributed by atoms with Gasteiger partial charge in [0.25, 0.3) is 15.8 Å². The smallest absolute Gasteiger partial charge is 0.294 e. The molecule has 11 nitrogen and oxygen atoms in total. The maximum atomic E-state index is 12.0. The minimum Gasteiger partial charge on any atom is -0.360 e. The van der Waals surface area contributed by atoms with Crippen LogP contribution in [0.2, 0.25) is 0 Å². The molecular weight excluding hydrogens is 440 g/mol. The molecule has 0 saturated carbocycles. The summed E-state index contributed by atoms with van der Waals surface area (Å²) in [5, 5.41) is 12.9. The molecule has 0 aromatic heterocycles. The molecule has 172 valence electrons. The molecule has 0 unspecified atom stereocenters. The first kappa shape index (κ1) is 24.9. The van der Waals surface area contributed by atoms with Crippen molar-refractivity contribution < 1.29 is 27.5 Å². The van der Waals surface area contributed by atoms with Crippen LogP contribution in [0.3, 0.4) is 0 Å². The second-order valence-corrected chi connectivity index (χ2v) is 8.45. The topological polar surface area (TPSA) is 173 Å². The third-order valence-corrected chi connectivity index (χ3v) is 5.58. The number of hydrogen-bond donors (Lipinski definition) is 3. The monoisotopic (exact) mass is 464 g/mol. The molecule has 0 bridgehead atoms. The number of nitrogens with zero attached hydrogens (tertiary/aromatic N) is 2. The summed E-state index contributed by atoms with van der Waals surface area (Å²) >= 11 is 0. The second kappa shape index (κ2) is 10.8. The number of nitrogens with two attached hydrogens (primary N) is 1. The number of nitro groups is 1. The van der Waals surface area contributed by atoms with Crippen LogP contribution in [0.15, 0.2) is 53.4 Å². The van der Waals surface area contributed by atoms with Crippen molar-refractivity contribution in [2.24, 2.45) is 5.73 Å². The van der Waals surface area contributed by atoms with E-state index in [1.807, 2.05) is 11.8 Å². The predicted octanol–water partition coefficient (Wildman–Crippen LogP) is 1.41. The van der Waals surface area contributed by atoms with Crippen LogP contribution < -0.4 is 16.0 Å². The Labute approximate surface area is 185 Å². The second-order valence-electron chi connectivity index (χ2n) is 7.03. The van der Waals surface area contributed by atoms with Crippen molar-refractivity contribution in [1.29, 1.82) is 0 Å². The summed E-state index contributed by atoms with van der Waals surface area (Å²) in [4.78, 5) is 35.2. The summed E-state index contributed by atoms with van der Waals surface area (Å²) in [6.07, 6.45) is 1.44. The Bertz CT molecular complexity index is 1070. The Morgan fingerprint density at radius 2 is 1.78 bits per heavy atom. The molecule has 0 radical (unpaired) electrons. The molecule has 1 aliphatic heterocycles. The van der Waals surface area contributed by atoms with E-state index in [9.17, 15) is 28.1 Å². The number of amides is 2. The van der Waals surface area contributed by atoms with Crippen LogP contribution in [0.1, 0.15) is 18.4 Å². The van der Waals surface area contributed by atoms with E-state index in [0.29, 0.717) is 13.0 Å². The largest absolute Gasteiger partial charge is 0.360 e. The van der Waals surface area contributed by atoms with Crippen LogP contribution in [0.25, 0.3) is 0 Å². The third kappa shape index (κ3) is 6.83. The lowest BCUT2D eigenvalue weighted by molar-refractivity contribution is -0.384. The summed E-state index contributed by atoms with van der Waals surface area (Å²) in [7, 11) is -4.02. The van der Waals surface area contributed by atoms with Gasteiger partial charge in [-0.25, -0.2) is 0 Å². The zero-order valence-electron chi connectivity index (χ0n) is 17.3. The number of carbonyl (C=O) groups excluding carboxylic acids is 2. The molecule has 3 rings (SSSR count). The first-order valence-corrected chi connectivity index (χ1v) is 11.1. The Morgan fingerprint density at radius 1 is 1.19 bits per heavy atom. The summed E-state index contributed by atoms with van der Waals surface area (Å²) < 4.78 is 29.6. The molecule has 0 spiro atoms. The fraction of sp³-hybridized carbons (Fsp3) is 0.300. The van der Waals surface area contributed by atoms with Crippen molar-refractivity contribution in [2.75, 3.05) is 18.0 Å². The highest BCUT2D eigenvalue weighted by Gasteiger charge is 2.31. The molecule has 1 saturated heterocycles. The lowest BCUT2D eigenvalue weighted by atomic mass is 10.2. The van der Waals surface area contributed by atoms with Gasteiger partial charge in [0, 0.05) is 24.4 Å². The third-order valence-electron chi connectivity index (χ3n) is 4.71. The molecule has 2 amide bonds. The normalized spacial score (nSPS) is 15.5. The summed E-state index contributed by atoms with van der Waals surface area (Å²) in [6, 6.07) is 11.5. The Balaban J connectivity index is 0.000000278. The summed E-state index contributed by atoms with van der Waals surface area (Å²) in [6.45, 7) is 2.26. The van der Waals surface area contributed by atoms with Gasteiger partial charge >= 0.3 is 0 Å². The van der Waals surface area contributed by atoms with Gasteiger partial charge in [-0.3, -0.25) is 29.6 Å². The lowest BCUT2D eigenvalue weighted by Crippen LogP contribution is -2.47. The fourth-order valence-electron chi connectivity index (χ4n) is 3.10. The van der Waals surface area contributed by atoms with Crippen LogP contribution >= 0.6 is 0 Å². The van der Waals surface area contributed by atoms with E-state index >= 15 is 0 Å². The number of anilines is 1. The van der Waals surface area contributed by atoms with Crippen molar-refractivity contribution in [2.45, 2.75) is 30.7 Å². The zero-order valence-corrected chi connectivity index (χ0v) is 18.1. The van der Waals surface area contributed by atoms with E-state index in [1.165, 1.54) is 24.3 Å². The summed E-state index contributed by atoms with van der Waals surface area (Å²) in [5.74, 6) is -0.906. The molecule has 2 aromatic rings. The van der Waals surface area contributed by atoms with E-state index < -0.39 is 27.0 Å². The molecular formula is C20H24N4O7S. The molecule has 32 heavy (non-hydrogen) atoms. The average molecular weight is 465 g/mol. The lowest BCUT2D eigenvalue weighted by Gasteiger charge is -2.25. The number of nitrogens with one attached hydrogen (secondary N) is 1. The highest BCUT2D eigenvalue weighted by atomic mass is 32.2. The Morgan fingerprint density at radius 3 is 2.28 bits per heavy atom. The van der Waals surface area contributed by atoms with Gasteiger partial charge in [0.2, 0.25) is 11.8 Å². The number of non-ortho nitro benzene ring substituents is 1. The highest BCUT2D eigenvalue weighted by molar-refractivity contribution is 7.85. The zero-order chi connectivity index (χ0) is 23.9. The van der Waals surface area contributed by atoms with Crippen LogP contribution in [0, 0.1) is 17.0 Å². The number of aryl methyl sites for hydroxylation is 1. The van der Waals surface area contributed by atoms with Gasteiger partial charge < -0.3 is 10.6 Å². The highest BCUT2D eigenvalue weighted by Crippen LogP contribution is 2.27. The van der Waals surface area contributed by atoms with E-state index in [1.54, 1.807) is 24.3 Å². The van der Waals surface area contributed by atoms with Crippen LogP contribution in [-0.4, -0.2) is 48.8 Å². The summed E-state index contributed by atoms with van der Waals surface area (Å²) in [5.41, 5.74) is 6.84. The van der Waals surface area contributed by atoms with Crippen molar-refractivity contribution in [1.82, 2.24) is 5.32 Å². The average Bonchev–Trinajstić information content (AvgIpc) is 3.24. The number of nitro benzene ring substituents is 1. The van der Waals surface area contributed by atoms with Crippen molar-refractivity contribution in [3.63, 3.8) is 0 Å². The number of imide groups is 1. The fourth-order valence-corrected chi connectivity index (χ4v) is 3.58.